The number of esters is 1. The second-order valence-electron chi connectivity index (χ2n) is 15.6. The van der Waals surface area contributed by atoms with E-state index in [1.807, 2.05) is 0 Å². The Morgan fingerprint density at radius 2 is 1.06 bits per heavy atom. The molecule has 0 radical (unpaired) electrons. The number of aliphatic hydroxyl groups excluding tert-OH is 3. The summed E-state index contributed by atoms with van der Waals surface area (Å²) in [6.07, 6.45) is 43.4. The first-order valence-electron chi connectivity index (χ1n) is 23.3. The normalized spacial score (nSPS) is 20.8. The number of rotatable bonds is 39. The van der Waals surface area contributed by atoms with E-state index < -0.39 is 59.8 Å². The van der Waals surface area contributed by atoms with Crippen molar-refractivity contribution in [2.45, 2.75) is 192 Å². The lowest BCUT2D eigenvalue weighted by molar-refractivity contribution is -0.301. The Morgan fingerprint density at radius 1 is 0.613 bits per heavy atom. The summed E-state index contributed by atoms with van der Waals surface area (Å²) in [6.45, 7) is 3.69. The van der Waals surface area contributed by atoms with Crippen LogP contribution in [0.4, 0.5) is 0 Å². The highest BCUT2D eigenvalue weighted by atomic mass is 32.3. The predicted octanol–water partition coefficient (Wildman–Crippen LogP) is 10.1. The van der Waals surface area contributed by atoms with Crippen molar-refractivity contribution in [1.29, 1.82) is 0 Å². The monoisotopic (exact) mass is 895 g/mol. The van der Waals surface area contributed by atoms with Crippen molar-refractivity contribution in [3.05, 3.63) is 85.1 Å². The fraction of sp³-hybridized carbons (Fsp3) is 0.694. The van der Waals surface area contributed by atoms with Gasteiger partial charge >= 0.3 is 16.4 Å². The van der Waals surface area contributed by atoms with E-state index in [2.05, 4.69) is 103 Å². The molecule has 1 aliphatic heterocycles. The van der Waals surface area contributed by atoms with Crippen LogP contribution in [0.1, 0.15) is 155 Å². The van der Waals surface area contributed by atoms with Crippen molar-refractivity contribution < 1.29 is 56.2 Å². The maximum absolute atomic E-state index is 12.8. The minimum Gasteiger partial charge on any atom is -0.457 e. The first-order valence-corrected chi connectivity index (χ1v) is 24.7. The highest BCUT2D eigenvalue weighted by Gasteiger charge is 2.48. The van der Waals surface area contributed by atoms with Gasteiger partial charge in [0.15, 0.2) is 6.29 Å². The van der Waals surface area contributed by atoms with Crippen LogP contribution in [0.15, 0.2) is 85.1 Å². The number of hydrogen-bond acceptors (Lipinski definition) is 11. The molecular weight excluding hydrogens is 813 g/mol. The molecule has 4 N–H and O–H groups in total. The standard InChI is InChI=1S/C49H82O12S/c1-3-5-7-9-11-13-15-17-18-19-20-21-22-23-24-25-27-29-31-33-35-37-39-57-41-43(42-58-49-47(53)48(61-62(54,55)56)46(52)44(40-50)60-49)59-45(51)38-36-34-32-30-28-26-16-14-12-10-8-6-4-2/h5-8,11-14,17-18,20-21,26,28,43-44,46-50,52-53H,3-4,9-10,15-16,19,22-25,27,29-42H2,1-2H3,(H,54,55,56)/b7-5-,8-6-,13-11-,14-12-,18-17-,21-20-,28-26-. The molecule has 6 atom stereocenters. The van der Waals surface area contributed by atoms with Crippen LogP contribution >= 0.6 is 0 Å². The first-order chi connectivity index (χ1) is 30.1. The van der Waals surface area contributed by atoms with Gasteiger partial charge in [-0.05, 0) is 83.5 Å². The van der Waals surface area contributed by atoms with Gasteiger partial charge in [-0.15, -0.1) is 0 Å². The summed E-state index contributed by atoms with van der Waals surface area (Å²) in [5, 5.41) is 30.7. The van der Waals surface area contributed by atoms with Gasteiger partial charge in [-0.1, -0.05) is 150 Å². The fourth-order valence-corrected chi connectivity index (χ4v) is 7.07. The molecule has 12 nitrogen and oxygen atoms in total. The van der Waals surface area contributed by atoms with Crippen molar-refractivity contribution in [3.8, 4) is 0 Å². The Bertz CT molecular complexity index is 1400. The summed E-state index contributed by atoms with van der Waals surface area (Å²) in [4.78, 5) is 12.8. The van der Waals surface area contributed by atoms with E-state index in [0.717, 1.165) is 89.9 Å². The van der Waals surface area contributed by atoms with Crippen LogP contribution in [-0.4, -0.2) is 97.5 Å². The lowest BCUT2D eigenvalue weighted by Crippen LogP contribution is -2.60. The molecule has 0 aliphatic carbocycles. The van der Waals surface area contributed by atoms with Crippen LogP contribution in [0, 0.1) is 0 Å². The fourth-order valence-electron chi connectivity index (χ4n) is 6.56. The number of unbranched alkanes of at least 4 members (excludes halogenated alkanes) is 12. The van der Waals surface area contributed by atoms with Crippen LogP contribution in [0.25, 0.3) is 0 Å². The summed E-state index contributed by atoms with van der Waals surface area (Å²) in [6, 6.07) is 0. The van der Waals surface area contributed by atoms with E-state index in [9.17, 15) is 28.5 Å². The third-order valence-corrected chi connectivity index (χ3v) is 10.5. The molecule has 1 fully saturated rings. The lowest BCUT2D eigenvalue weighted by atomic mass is 9.99. The van der Waals surface area contributed by atoms with Gasteiger partial charge < -0.3 is 34.3 Å². The Labute approximate surface area is 374 Å². The lowest BCUT2D eigenvalue weighted by Gasteiger charge is -2.41. The van der Waals surface area contributed by atoms with E-state index in [1.165, 1.54) is 38.5 Å². The van der Waals surface area contributed by atoms with Crippen molar-refractivity contribution in [1.82, 2.24) is 0 Å². The van der Waals surface area contributed by atoms with Crippen molar-refractivity contribution in [2.75, 3.05) is 26.4 Å². The van der Waals surface area contributed by atoms with E-state index in [-0.39, 0.29) is 19.6 Å². The Hall–Kier alpha value is -2.72. The molecule has 1 rings (SSSR count). The molecule has 356 valence electrons. The maximum Gasteiger partial charge on any atom is 0.397 e. The summed E-state index contributed by atoms with van der Waals surface area (Å²) < 4.78 is 59.0. The third kappa shape index (κ3) is 32.9. The second-order valence-corrected chi connectivity index (χ2v) is 16.6. The number of ether oxygens (including phenoxy) is 4. The quantitative estimate of drug-likeness (QED) is 0.0199. The van der Waals surface area contributed by atoms with Crippen molar-refractivity contribution >= 4 is 16.4 Å². The Balaban J connectivity index is 2.40. The third-order valence-electron chi connectivity index (χ3n) is 10.0. The Kier molecular flexibility index (Phi) is 36.8. The zero-order valence-corrected chi connectivity index (χ0v) is 38.7. The molecule has 6 unspecified atom stereocenters. The SMILES string of the molecule is CC/C=C\C/C=C\C/C=C\C/C=C\CCCCCCCCCCCOCC(COC1OC(CO)C(O)C(OS(=O)(=O)O)C1O)OC(=O)CCCCC/C=C\C/C=C\C/C=C\CC. The molecule has 0 aromatic carbocycles. The maximum atomic E-state index is 12.8. The average molecular weight is 895 g/mol. The summed E-state index contributed by atoms with van der Waals surface area (Å²) in [7, 11) is -5.07. The minimum absolute atomic E-state index is 0.0145. The topological polar surface area (TPSA) is 178 Å². The number of carbonyl (C=O) groups is 1. The minimum atomic E-state index is -5.07. The molecule has 0 bridgehead atoms. The summed E-state index contributed by atoms with van der Waals surface area (Å²) in [5.41, 5.74) is 0. The summed E-state index contributed by atoms with van der Waals surface area (Å²) in [5.74, 6) is -0.434. The van der Waals surface area contributed by atoms with Gasteiger partial charge in [-0.3, -0.25) is 9.35 Å². The molecule has 62 heavy (non-hydrogen) atoms. The molecule has 1 heterocycles. The number of allylic oxidation sites excluding steroid dienone is 14. The van der Waals surface area contributed by atoms with E-state index in [0.29, 0.717) is 13.0 Å². The number of hydrogen-bond donors (Lipinski definition) is 4. The molecule has 0 amide bonds. The van der Waals surface area contributed by atoms with Crippen LogP contribution in [0.2, 0.25) is 0 Å². The zero-order chi connectivity index (χ0) is 45.4. The predicted molar refractivity (Wildman–Crippen MR) is 248 cm³/mol. The Morgan fingerprint density at radius 3 is 1.55 bits per heavy atom. The van der Waals surface area contributed by atoms with Gasteiger partial charge in [0, 0.05) is 13.0 Å². The van der Waals surface area contributed by atoms with Gasteiger partial charge in [-0.25, -0.2) is 4.18 Å². The van der Waals surface area contributed by atoms with Gasteiger partial charge in [-0.2, -0.15) is 8.42 Å². The summed E-state index contributed by atoms with van der Waals surface area (Å²) >= 11 is 0. The molecule has 0 aromatic rings. The first kappa shape index (κ1) is 57.3. The van der Waals surface area contributed by atoms with Crippen molar-refractivity contribution in [3.63, 3.8) is 0 Å². The zero-order valence-electron chi connectivity index (χ0n) is 37.9. The molecule has 1 saturated heterocycles. The average Bonchev–Trinajstić information content (AvgIpc) is 3.24. The smallest absolute Gasteiger partial charge is 0.397 e. The molecule has 0 aromatic heterocycles. The molecule has 0 spiro atoms. The van der Waals surface area contributed by atoms with Crippen LogP contribution in [-0.2, 0) is 38.3 Å². The van der Waals surface area contributed by atoms with Crippen molar-refractivity contribution in [2.24, 2.45) is 0 Å². The van der Waals surface area contributed by atoms with Gasteiger partial charge in [0.05, 0.1) is 19.8 Å². The highest BCUT2D eigenvalue weighted by molar-refractivity contribution is 7.80. The van der Waals surface area contributed by atoms with Gasteiger partial charge in [0.25, 0.3) is 0 Å². The molecule has 1 aliphatic rings. The van der Waals surface area contributed by atoms with E-state index in [4.69, 9.17) is 23.5 Å². The van der Waals surface area contributed by atoms with Crippen LogP contribution in [0.3, 0.4) is 0 Å². The van der Waals surface area contributed by atoms with E-state index >= 15 is 0 Å². The number of aliphatic hydroxyl groups is 3. The molecular formula is C49H82O12S. The van der Waals surface area contributed by atoms with Gasteiger partial charge in [0.1, 0.15) is 30.5 Å². The number of carbonyl (C=O) groups excluding carboxylic acids is 1. The van der Waals surface area contributed by atoms with Crippen LogP contribution < -0.4 is 0 Å². The molecule has 0 saturated carbocycles. The second kappa shape index (κ2) is 39.8. The molecule has 13 heteroatoms. The van der Waals surface area contributed by atoms with E-state index in [1.54, 1.807) is 0 Å². The highest BCUT2D eigenvalue weighted by Crippen LogP contribution is 2.26. The van der Waals surface area contributed by atoms with Crippen LogP contribution in [0.5, 0.6) is 0 Å². The van der Waals surface area contributed by atoms with Gasteiger partial charge in [0.2, 0.25) is 0 Å². The largest absolute Gasteiger partial charge is 0.457 e.